The van der Waals surface area contributed by atoms with Gasteiger partial charge < -0.3 is 10.5 Å². The summed E-state index contributed by atoms with van der Waals surface area (Å²) in [5, 5.41) is 20.8. The third kappa shape index (κ3) is 2.91. The molecule has 0 saturated carbocycles. The zero-order valence-electron chi connectivity index (χ0n) is 13.8. The van der Waals surface area contributed by atoms with E-state index < -0.39 is 4.92 Å². The molecule has 0 bridgehead atoms. The van der Waals surface area contributed by atoms with Gasteiger partial charge in [0.05, 0.1) is 23.3 Å². The van der Waals surface area contributed by atoms with Crippen LogP contribution in [-0.4, -0.2) is 17.0 Å². The monoisotopic (exact) mass is 346 g/mol. The van der Waals surface area contributed by atoms with Crippen LogP contribution in [-0.2, 0) is 0 Å². The number of para-hydroxylation sites is 2. The van der Waals surface area contributed by atoms with Crippen molar-refractivity contribution in [1.82, 2.24) is 4.98 Å². The predicted octanol–water partition coefficient (Wildman–Crippen LogP) is 3.79. The Morgan fingerprint density at radius 3 is 2.42 bits per heavy atom. The molecule has 0 atom stereocenters. The molecule has 0 saturated heterocycles. The van der Waals surface area contributed by atoms with Crippen molar-refractivity contribution in [3.05, 3.63) is 70.3 Å². The number of nitrogen functional groups attached to an aromatic ring is 1. The first kappa shape index (κ1) is 16.9. The Kier molecular flexibility index (Phi) is 4.50. The zero-order valence-corrected chi connectivity index (χ0v) is 13.8. The van der Waals surface area contributed by atoms with Crippen LogP contribution in [0.5, 0.6) is 5.75 Å². The Morgan fingerprint density at radius 2 is 1.77 bits per heavy atom. The molecule has 0 unspecified atom stereocenters. The molecule has 2 aromatic carbocycles. The average Bonchev–Trinajstić information content (AvgIpc) is 2.67. The van der Waals surface area contributed by atoms with E-state index in [0.29, 0.717) is 28.1 Å². The lowest BCUT2D eigenvalue weighted by Gasteiger charge is -2.13. The number of anilines is 1. The molecule has 2 N–H and O–H groups in total. The van der Waals surface area contributed by atoms with E-state index in [1.54, 1.807) is 42.5 Å². The van der Waals surface area contributed by atoms with Gasteiger partial charge in [0.25, 0.3) is 5.69 Å². The molecule has 0 amide bonds. The fraction of sp³-hybridized carbons (Fsp3) is 0.0526. The lowest BCUT2D eigenvalue weighted by atomic mass is 9.97. The second kappa shape index (κ2) is 6.91. The first-order valence-corrected chi connectivity index (χ1v) is 7.64. The fourth-order valence-electron chi connectivity index (χ4n) is 2.75. The highest BCUT2D eigenvalue weighted by atomic mass is 16.6. The molecule has 1 aromatic heterocycles. The SMILES string of the molecule is COc1ccccc1-c1cc(-c2ccccc2[N+](=O)[O-])nc(N)c1C#N. The summed E-state index contributed by atoms with van der Waals surface area (Å²) in [5.74, 6) is 0.562. The molecule has 0 spiro atoms. The number of nitrogens with two attached hydrogens (primary N) is 1. The standard InChI is InChI=1S/C19H14N4O3/c1-26-18-9-5-3-6-12(18)14-10-16(22-19(21)15(14)11-20)13-7-2-4-8-17(13)23(24)25/h2-10H,1H3,(H2,21,22). The number of methoxy groups -OCH3 is 1. The van der Waals surface area contributed by atoms with Crippen LogP contribution in [0.25, 0.3) is 22.4 Å². The van der Waals surface area contributed by atoms with Crippen LogP contribution < -0.4 is 10.5 Å². The summed E-state index contributed by atoms with van der Waals surface area (Å²) in [7, 11) is 1.53. The van der Waals surface area contributed by atoms with Crippen LogP contribution in [0.1, 0.15) is 5.56 Å². The van der Waals surface area contributed by atoms with E-state index in [2.05, 4.69) is 11.1 Å². The normalized spacial score (nSPS) is 10.2. The number of hydrogen-bond acceptors (Lipinski definition) is 6. The van der Waals surface area contributed by atoms with Crippen molar-refractivity contribution >= 4 is 11.5 Å². The van der Waals surface area contributed by atoms with E-state index in [1.165, 1.54) is 13.2 Å². The number of hydrogen-bond donors (Lipinski definition) is 1. The largest absolute Gasteiger partial charge is 0.496 e. The van der Waals surface area contributed by atoms with E-state index in [9.17, 15) is 15.4 Å². The molecular weight excluding hydrogens is 332 g/mol. The molecule has 0 radical (unpaired) electrons. The highest BCUT2D eigenvalue weighted by Crippen LogP contribution is 2.37. The average molecular weight is 346 g/mol. The molecule has 3 aromatic rings. The summed E-state index contributed by atoms with van der Waals surface area (Å²) >= 11 is 0. The first-order valence-electron chi connectivity index (χ1n) is 7.64. The first-order chi connectivity index (χ1) is 12.6. The second-order valence-corrected chi connectivity index (χ2v) is 5.40. The van der Waals surface area contributed by atoms with Crippen LogP contribution in [0.4, 0.5) is 11.5 Å². The van der Waals surface area contributed by atoms with Crippen LogP contribution in [0.2, 0.25) is 0 Å². The number of ether oxygens (including phenoxy) is 1. The van der Waals surface area contributed by atoms with Crippen LogP contribution in [0.15, 0.2) is 54.6 Å². The fourth-order valence-corrected chi connectivity index (χ4v) is 2.75. The number of pyridine rings is 1. The Bertz CT molecular complexity index is 1040. The second-order valence-electron chi connectivity index (χ2n) is 5.40. The lowest BCUT2D eigenvalue weighted by molar-refractivity contribution is -0.384. The zero-order chi connectivity index (χ0) is 18.7. The summed E-state index contributed by atoms with van der Waals surface area (Å²) in [6, 6.07) is 17.1. The van der Waals surface area contributed by atoms with E-state index >= 15 is 0 Å². The van der Waals surface area contributed by atoms with Gasteiger partial charge in [-0.1, -0.05) is 30.3 Å². The molecule has 128 valence electrons. The molecule has 3 rings (SSSR count). The van der Waals surface area contributed by atoms with Gasteiger partial charge in [-0.05, 0) is 18.2 Å². The Balaban J connectivity index is 2.31. The van der Waals surface area contributed by atoms with Crippen molar-refractivity contribution in [2.45, 2.75) is 0 Å². The maximum absolute atomic E-state index is 11.3. The van der Waals surface area contributed by atoms with Gasteiger partial charge in [0.2, 0.25) is 0 Å². The van der Waals surface area contributed by atoms with Gasteiger partial charge in [0.1, 0.15) is 23.2 Å². The molecule has 0 fully saturated rings. The van der Waals surface area contributed by atoms with Crippen molar-refractivity contribution in [3.8, 4) is 34.2 Å². The topological polar surface area (TPSA) is 115 Å². The van der Waals surface area contributed by atoms with Gasteiger partial charge >= 0.3 is 0 Å². The molecule has 7 heteroatoms. The van der Waals surface area contributed by atoms with Gasteiger partial charge in [-0.15, -0.1) is 0 Å². The van der Waals surface area contributed by atoms with Crippen molar-refractivity contribution in [1.29, 1.82) is 5.26 Å². The smallest absolute Gasteiger partial charge is 0.278 e. The lowest BCUT2D eigenvalue weighted by Crippen LogP contribution is -2.01. The molecule has 26 heavy (non-hydrogen) atoms. The van der Waals surface area contributed by atoms with E-state index in [4.69, 9.17) is 10.5 Å². The maximum atomic E-state index is 11.3. The summed E-state index contributed by atoms with van der Waals surface area (Å²) in [5.41, 5.74) is 7.88. The minimum Gasteiger partial charge on any atom is -0.496 e. The molecule has 0 aliphatic rings. The van der Waals surface area contributed by atoms with Gasteiger partial charge in [-0.25, -0.2) is 4.98 Å². The highest BCUT2D eigenvalue weighted by molar-refractivity contribution is 5.84. The number of rotatable bonds is 4. The summed E-state index contributed by atoms with van der Waals surface area (Å²) in [4.78, 5) is 15.1. The van der Waals surface area contributed by atoms with E-state index in [0.717, 1.165) is 0 Å². The van der Waals surface area contributed by atoms with Crippen molar-refractivity contribution in [2.75, 3.05) is 12.8 Å². The molecule has 1 heterocycles. The van der Waals surface area contributed by atoms with E-state index in [1.807, 2.05) is 6.07 Å². The van der Waals surface area contributed by atoms with Gasteiger partial charge in [-0.3, -0.25) is 10.1 Å². The third-order valence-electron chi connectivity index (χ3n) is 3.93. The number of nitrogens with zero attached hydrogens (tertiary/aromatic N) is 3. The predicted molar refractivity (Wildman–Crippen MR) is 97.4 cm³/mol. The number of benzene rings is 2. The number of aromatic nitrogens is 1. The summed E-state index contributed by atoms with van der Waals surface area (Å²) in [6.07, 6.45) is 0. The van der Waals surface area contributed by atoms with Crippen LogP contribution in [0, 0.1) is 21.4 Å². The minimum atomic E-state index is -0.478. The molecule has 0 aliphatic heterocycles. The Labute approximate surface area is 149 Å². The van der Waals surface area contributed by atoms with Gasteiger partial charge in [-0.2, -0.15) is 5.26 Å². The maximum Gasteiger partial charge on any atom is 0.278 e. The summed E-state index contributed by atoms with van der Waals surface area (Å²) < 4.78 is 5.37. The number of nitro benzene ring substituents is 1. The summed E-state index contributed by atoms with van der Waals surface area (Å²) in [6.45, 7) is 0. The van der Waals surface area contributed by atoms with Gasteiger partial charge in [0, 0.05) is 17.2 Å². The molecule has 7 nitrogen and oxygen atoms in total. The van der Waals surface area contributed by atoms with Crippen LogP contribution in [0.3, 0.4) is 0 Å². The number of nitro groups is 1. The molecular formula is C19H14N4O3. The van der Waals surface area contributed by atoms with Crippen LogP contribution >= 0.6 is 0 Å². The third-order valence-corrected chi connectivity index (χ3v) is 3.93. The number of nitriles is 1. The quantitative estimate of drug-likeness (QED) is 0.567. The van der Waals surface area contributed by atoms with Gasteiger partial charge in [0.15, 0.2) is 0 Å². The Morgan fingerprint density at radius 1 is 1.12 bits per heavy atom. The van der Waals surface area contributed by atoms with Crippen molar-refractivity contribution in [2.24, 2.45) is 0 Å². The minimum absolute atomic E-state index is 0.00376. The molecule has 0 aliphatic carbocycles. The van der Waals surface area contributed by atoms with Crippen molar-refractivity contribution in [3.63, 3.8) is 0 Å². The highest BCUT2D eigenvalue weighted by Gasteiger charge is 2.20. The van der Waals surface area contributed by atoms with Crippen molar-refractivity contribution < 1.29 is 9.66 Å². The Hall–Kier alpha value is -3.92. The van der Waals surface area contributed by atoms with E-state index in [-0.39, 0.29) is 17.1 Å².